The zero-order valence-electron chi connectivity index (χ0n) is 12.7. The van der Waals surface area contributed by atoms with E-state index in [-0.39, 0.29) is 0 Å². The topological polar surface area (TPSA) is 41.3 Å². The first-order valence-electron chi connectivity index (χ1n) is 7.56. The summed E-state index contributed by atoms with van der Waals surface area (Å²) >= 11 is 3.55. The molecule has 0 amide bonds. The highest BCUT2D eigenvalue weighted by Gasteiger charge is 2.32. The van der Waals surface area contributed by atoms with E-state index >= 15 is 0 Å². The molecule has 5 heteroatoms. The van der Waals surface area contributed by atoms with Crippen molar-refractivity contribution in [3.8, 4) is 0 Å². The molecule has 0 bridgehead atoms. The molecule has 20 heavy (non-hydrogen) atoms. The molecule has 0 radical (unpaired) electrons. The molecule has 0 spiro atoms. The largest absolute Gasteiger partial charge is 0.386 e. The van der Waals surface area contributed by atoms with Gasteiger partial charge in [-0.05, 0) is 54.7 Å². The normalized spacial score (nSPS) is 24.5. The Morgan fingerprint density at radius 1 is 1.50 bits per heavy atom. The summed E-state index contributed by atoms with van der Waals surface area (Å²) in [4.78, 5) is 2.13. The first-order valence-corrected chi connectivity index (χ1v) is 8.36. The molecular formula is C15H26BrN3O. The maximum Gasteiger partial charge on any atom is 0.0996 e. The Bertz CT molecular complexity index is 433. The van der Waals surface area contributed by atoms with Gasteiger partial charge in [-0.25, -0.2) is 0 Å². The smallest absolute Gasteiger partial charge is 0.0996 e. The first-order chi connectivity index (χ1) is 9.52. The van der Waals surface area contributed by atoms with Crippen molar-refractivity contribution in [3.63, 3.8) is 0 Å². The minimum atomic E-state index is -0.398. The monoisotopic (exact) mass is 343 g/mol. The summed E-state index contributed by atoms with van der Waals surface area (Å²) in [6.07, 6.45) is 6.16. The minimum Gasteiger partial charge on any atom is -0.386 e. The van der Waals surface area contributed by atoms with E-state index in [0.29, 0.717) is 5.92 Å². The van der Waals surface area contributed by atoms with Gasteiger partial charge in [0.15, 0.2) is 0 Å². The van der Waals surface area contributed by atoms with E-state index in [4.69, 9.17) is 0 Å². The third-order valence-electron chi connectivity index (χ3n) is 4.48. The highest BCUT2D eigenvalue weighted by molar-refractivity contribution is 9.10. The minimum absolute atomic E-state index is 0.381. The lowest BCUT2D eigenvalue weighted by molar-refractivity contribution is 0.0982. The van der Waals surface area contributed by atoms with Gasteiger partial charge in [0.25, 0.3) is 0 Å². The molecule has 4 nitrogen and oxygen atoms in total. The fraction of sp³-hybridized carbons (Fsp3) is 0.800. The van der Waals surface area contributed by atoms with Crippen LogP contribution in [0.4, 0.5) is 0 Å². The van der Waals surface area contributed by atoms with Gasteiger partial charge in [-0.3, -0.25) is 4.68 Å². The van der Waals surface area contributed by atoms with E-state index in [1.165, 1.54) is 12.8 Å². The number of hydrogen-bond acceptors (Lipinski definition) is 3. The highest BCUT2D eigenvalue weighted by Crippen LogP contribution is 2.41. The van der Waals surface area contributed by atoms with Gasteiger partial charge < -0.3 is 10.0 Å². The molecule has 1 heterocycles. The van der Waals surface area contributed by atoms with Crippen LogP contribution in [0, 0.1) is 11.8 Å². The van der Waals surface area contributed by atoms with Crippen molar-refractivity contribution in [2.45, 2.75) is 45.3 Å². The van der Waals surface area contributed by atoms with Gasteiger partial charge >= 0.3 is 0 Å². The molecular weight excluding hydrogens is 318 g/mol. The average molecular weight is 344 g/mol. The number of halogens is 1. The molecule has 1 saturated carbocycles. The van der Waals surface area contributed by atoms with Crippen molar-refractivity contribution < 1.29 is 5.11 Å². The number of hydrogen-bond donors (Lipinski definition) is 1. The Labute approximate surface area is 130 Å². The maximum absolute atomic E-state index is 10.7. The summed E-state index contributed by atoms with van der Waals surface area (Å²) in [7, 11) is 4.11. The number of nitrogens with zero attached hydrogens (tertiary/aromatic N) is 3. The number of aliphatic hydroxyl groups is 1. The maximum atomic E-state index is 10.7. The van der Waals surface area contributed by atoms with Gasteiger partial charge in [-0.2, -0.15) is 5.10 Å². The first kappa shape index (κ1) is 16.0. The van der Waals surface area contributed by atoms with E-state index in [9.17, 15) is 5.11 Å². The van der Waals surface area contributed by atoms with Gasteiger partial charge in [0.2, 0.25) is 0 Å². The summed E-state index contributed by atoms with van der Waals surface area (Å²) < 4.78 is 2.89. The van der Waals surface area contributed by atoms with E-state index in [1.807, 2.05) is 4.68 Å². The third-order valence-corrected chi connectivity index (χ3v) is 5.09. The van der Waals surface area contributed by atoms with Crippen LogP contribution in [0.15, 0.2) is 10.7 Å². The van der Waals surface area contributed by atoms with Crippen LogP contribution in [-0.4, -0.2) is 40.4 Å². The third kappa shape index (κ3) is 3.62. The zero-order valence-corrected chi connectivity index (χ0v) is 14.3. The second kappa shape index (κ2) is 7.05. The highest BCUT2D eigenvalue weighted by atomic mass is 79.9. The number of aromatic nitrogens is 2. The summed E-state index contributed by atoms with van der Waals surface area (Å²) in [6.45, 7) is 3.99. The van der Waals surface area contributed by atoms with Crippen LogP contribution in [0.2, 0.25) is 0 Å². The van der Waals surface area contributed by atoms with Crippen LogP contribution in [0.25, 0.3) is 0 Å². The van der Waals surface area contributed by atoms with Crippen molar-refractivity contribution in [1.82, 2.24) is 14.7 Å². The SMILES string of the molecule is CCC1CCC(C(O)c2c(Br)cnn2CCN(C)C)C1. The number of aliphatic hydroxyl groups excluding tert-OH is 1. The Balaban J connectivity index is 2.09. The molecule has 2 rings (SSSR count). The predicted octanol–water partition coefficient (Wildman–Crippen LogP) is 3.07. The standard InChI is InChI=1S/C15H26BrN3O/c1-4-11-5-6-12(9-11)15(20)14-13(16)10-17-19(14)8-7-18(2)3/h10-12,15,20H,4-9H2,1-3H3. The predicted molar refractivity (Wildman–Crippen MR) is 84.6 cm³/mol. The Morgan fingerprint density at radius 2 is 2.25 bits per heavy atom. The Kier molecular flexibility index (Phi) is 5.64. The summed E-state index contributed by atoms with van der Waals surface area (Å²) in [5.41, 5.74) is 0.952. The van der Waals surface area contributed by atoms with Crippen LogP contribution in [0.3, 0.4) is 0 Å². The molecule has 1 aliphatic rings. The fourth-order valence-electron chi connectivity index (χ4n) is 3.13. The van der Waals surface area contributed by atoms with Crippen molar-refractivity contribution in [1.29, 1.82) is 0 Å². The van der Waals surface area contributed by atoms with Gasteiger partial charge in [0, 0.05) is 6.54 Å². The van der Waals surface area contributed by atoms with Crippen LogP contribution in [-0.2, 0) is 6.54 Å². The van der Waals surface area contributed by atoms with Crippen molar-refractivity contribution in [2.75, 3.05) is 20.6 Å². The molecule has 1 aromatic rings. The van der Waals surface area contributed by atoms with Gasteiger partial charge in [-0.15, -0.1) is 0 Å². The van der Waals surface area contributed by atoms with Crippen molar-refractivity contribution in [3.05, 3.63) is 16.4 Å². The van der Waals surface area contributed by atoms with Crippen LogP contribution < -0.4 is 0 Å². The molecule has 1 N–H and O–H groups in total. The molecule has 1 fully saturated rings. The number of rotatable bonds is 6. The zero-order chi connectivity index (χ0) is 14.7. The average Bonchev–Trinajstić information content (AvgIpc) is 3.02. The van der Waals surface area contributed by atoms with Crippen molar-refractivity contribution >= 4 is 15.9 Å². The molecule has 3 atom stereocenters. The molecule has 0 aromatic carbocycles. The number of likely N-dealkylation sites (N-methyl/N-ethyl adjacent to an activating group) is 1. The van der Waals surface area contributed by atoms with Crippen LogP contribution in [0.5, 0.6) is 0 Å². The molecule has 1 aliphatic carbocycles. The van der Waals surface area contributed by atoms with Crippen LogP contribution >= 0.6 is 15.9 Å². The fourth-order valence-corrected chi connectivity index (χ4v) is 3.66. The quantitative estimate of drug-likeness (QED) is 0.862. The molecule has 1 aromatic heterocycles. The van der Waals surface area contributed by atoms with E-state index in [1.54, 1.807) is 6.20 Å². The lowest BCUT2D eigenvalue weighted by Crippen LogP contribution is -2.22. The van der Waals surface area contributed by atoms with E-state index in [0.717, 1.165) is 42.0 Å². The lowest BCUT2D eigenvalue weighted by Gasteiger charge is -2.21. The van der Waals surface area contributed by atoms with Gasteiger partial charge in [0.1, 0.15) is 0 Å². The second-order valence-electron chi connectivity index (χ2n) is 6.20. The summed E-state index contributed by atoms with van der Waals surface area (Å²) in [6, 6.07) is 0. The van der Waals surface area contributed by atoms with Gasteiger partial charge in [0.05, 0.1) is 29.0 Å². The Morgan fingerprint density at radius 3 is 2.85 bits per heavy atom. The molecule has 0 saturated heterocycles. The summed E-state index contributed by atoms with van der Waals surface area (Å²) in [5.74, 6) is 1.16. The Hall–Kier alpha value is -0.390. The molecule has 0 aliphatic heterocycles. The van der Waals surface area contributed by atoms with Crippen LogP contribution in [0.1, 0.15) is 44.4 Å². The molecule has 114 valence electrons. The van der Waals surface area contributed by atoms with E-state index < -0.39 is 6.10 Å². The van der Waals surface area contributed by atoms with Gasteiger partial charge in [-0.1, -0.05) is 19.8 Å². The summed E-state index contributed by atoms with van der Waals surface area (Å²) in [5, 5.41) is 15.1. The second-order valence-corrected chi connectivity index (χ2v) is 7.05. The lowest BCUT2D eigenvalue weighted by atomic mass is 9.96. The van der Waals surface area contributed by atoms with E-state index in [2.05, 4.69) is 46.9 Å². The molecule has 3 unspecified atom stereocenters. The van der Waals surface area contributed by atoms with Crippen molar-refractivity contribution in [2.24, 2.45) is 11.8 Å².